The lowest BCUT2D eigenvalue weighted by atomic mass is 9.94. The van der Waals surface area contributed by atoms with E-state index >= 15 is 0 Å². The quantitative estimate of drug-likeness (QED) is 0.591. The Hall–Kier alpha value is -2.88. The molecule has 0 bridgehead atoms. The van der Waals surface area contributed by atoms with Gasteiger partial charge >= 0.3 is 12.0 Å². The predicted molar refractivity (Wildman–Crippen MR) is 135 cm³/mol. The summed E-state index contributed by atoms with van der Waals surface area (Å²) in [4.78, 5) is 45.2. The largest absolute Gasteiger partial charge is 0.463 e. The molecule has 2 aromatic rings. The summed E-state index contributed by atoms with van der Waals surface area (Å²) >= 11 is 7.89. The summed E-state index contributed by atoms with van der Waals surface area (Å²) < 4.78 is 5.40. The van der Waals surface area contributed by atoms with Crippen molar-refractivity contribution in [1.29, 1.82) is 0 Å². The zero-order valence-electron chi connectivity index (χ0n) is 20.0. The van der Waals surface area contributed by atoms with Gasteiger partial charge in [-0.3, -0.25) is 14.6 Å². The van der Waals surface area contributed by atoms with Crippen molar-refractivity contribution in [2.75, 3.05) is 39.8 Å². The normalized spacial score (nSPS) is 21.2. The molecule has 0 radical (unpaired) electrons. The first-order valence-corrected chi connectivity index (χ1v) is 12.8. The molecule has 1 saturated heterocycles. The highest BCUT2D eigenvalue weighted by Gasteiger charge is 2.39. The zero-order valence-corrected chi connectivity index (χ0v) is 21.6. The minimum absolute atomic E-state index is 0.0212. The number of carbonyl (C=O) groups is 3. The number of piperazine rings is 1. The van der Waals surface area contributed by atoms with Crippen LogP contribution in [0.3, 0.4) is 0 Å². The molecule has 2 aliphatic rings. The highest BCUT2D eigenvalue weighted by molar-refractivity contribution is 7.12. The molecule has 186 valence electrons. The van der Waals surface area contributed by atoms with Crippen LogP contribution in [0.4, 0.5) is 4.79 Å². The summed E-state index contributed by atoms with van der Waals surface area (Å²) in [5, 5.41) is 5.26. The highest BCUT2D eigenvalue weighted by atomic mass is 35.5. The topological polar surface area (TPSA) is 82.2 Å². The minimum atomic E-state index is -0.722. The van der Waals surface area contributed by atoms with E-state index in [0.717, 1.165) is 4.88 Å². The van der Waals surface area contributed by atoms with Crippen molar-refractivity contribution in [2.24, 2.45) is 0 Å². The van der Waals surface area contributed by atoms with Crippen molar-refractivity contribution in [3.05, 3.63) is 68.5 Å². The first-order chi connectivity index (χ1) is 16.8. The summed E-state index contributed by atoms with van der Waals surface area (Å²) in [5.41, 5.74) is 1.57. The number of hydrogen-bond acceptors (Lipinski definition) is 6. The van der Waals surface area contributed by atoms with Gasteiger partial charge in [0.25, 0.3) is 5.91 Å². The maximum Gasteiger partial charge on any atom is 0.338 e. The fraction of sp³-hybridized carbons (Fsp3) is 0.400. The number of nitrogens with one attached hydrogen (secondary N) is 1. The van der Waals surface area contributed by atoms with Crippen molar-refractivity contribution >= 4 is 40.8 Å². The third kappa shape index (κ3) is 5.22. The van der Waals surface area contributed by atoms with E-state index in [9.17, 15) is 14.4 Å². The zero-order chi connectivity index (χ0) is 25.1. The number of hydrogen-bond donors (Lipinski definition) is 1. The van der Waals surface area contributed by atoms with Gasteiger partial charge < -0.3 is 15.0 Å². The Labute approximate surface area is 214 Å². The molecule has 3 amide bonds. The molecular formula is C25H29ClN4O4S. The molecule has 0 saturated carbocycles. The van der Waals surface area contributed by atoms with Crippen molar-refractivity contribution < 1.29 is 19.1 Å². The third-order valence-corrected chi connectivity index (χ3v) is 7.57. The van der Waals surface area contributed by atoms with E-state index in [4.69, 9.17) is 16.3 Å². The lowest BCUT2D eigenvalue weighted by Crippen LogP contribution is -2.56. The average Bonchev–Trinajstić information content (AvgIpc) is 3.37. The van der Waals surface area contributed by atoms with Gasteiger partial charge in [-0.2, -0.15) is 0 Å². The first-order valence-electron chi connectivity index (χ1n) is 11.6. The molecule has 1 aromatic heterocycles. The Morgan fingerprint density at radius 1 is 1.20 bits per heavy atom. The Morgan fingerprint density at radius 3 is 2.63 bits per heavy atom. The molecule has 1 aromatic carbocycles. The Bertz CT molecular complexity index is 1140. The molecule has 4 rings (SSSR count). The van der Waals surface area contributed by atoms with E-state index in [2.05, 4.69) is 10.2 Å². The molecule has 0 spiro atoms. The summed E-state index contributed by atoms with van der Waals surface area (Å²) in [6, 6.07) is 9.80. The van der Waals surface area contributed by atoms with Crippen LogP contribution in [0.25, 0.3) is 0 Å². The van der Waals surface area contributed by atoms with E-state index in [0.29, 0.717) is 48.0 Å². The van der Waals surface area contributed by atoms with Gasteiger partial charge in [0.15, 0.2) is 0 Å². The van der Waals surface area contributed by atoms with E-state index in [-0.39, 0.29) is 24.6 Å². The summed E-state index contributed by atoms with van der Waals surface area (Å²) in [6.45, 7) is 6.13. The predicted octanol–water partition coefficient (Wildman–Crippen LogP) is 3.76. The van der Waals surface area contributed by atoms with Crippen molar-refractivity contribution in [3.8, 4) is 0 Å². The lowest BCUT2D eigenvalue weighted by molar-refractivity contribution is -0.139. The van der Waals surface area contributed by atoms with Crippen LogP contribution in [0.2, 0.25) is 5.02 Å². The number of thiophene rings is 1. The molecule has 10 heteroatoms. The molecule has 2 atom stereocenters. The SMILES string of the molecule is CCOC(=O)C1=C(CN2CCN(C(=O)c3cccs3)C(C)C2)N(C)C(=O)NC1c1ccccc1Cl. The number of halogens is 1. The van der Waals surface area contributed by atoms with Crippen LogP contribution in [0, 0.1) is 0 Å². The third-order valence-electron chi connectivity index (χ3n) is 6.37. The van der Waals surface area contributed by atoms with E-state index in [1.54, 1.807) is 32.2 Å². The molecular weight excluding hydrogens is 488 g/mol. The number of benzene rings is 1. The van der Waals surface area contributed by atoms with Crippen LogP contribution in [0.5, 0.6) is 0 Å². The number of likely N-dealkylation sites (N-methyl/N-ethyl adjacent to an activating group) is 1. The fourth-order valence-corrected chi connectivity index (χ4v) is 5.50. The van der Waals surface area contributed by atoms with Crippen LogP contribution in [0.15, 0.2) is 53.0 Å². The average molecular weight is 517 g/mol. The van der Waals surface area contributed by atoms with Gasteiger partial charge in [-0.05, 0) is 36.9 Å². The smallest absolute Gasteiger partial charge is 0.338 e. The van der Waals surface area contributed by atoms with E-state index < -0.39 is 12.0 Å². The van der Waals surface area contributed by atoms with Gasteiger partial charge in [-0.25, -0.2) is 9.59 Å². The second-order valence-electron chi connectivity index (χ2n) is 8.60. The number of carbonyl (C=O) groups excluding carboxylic acids is 3. The van der Waals surface area contributed by atoms with Crippen LogP contribution >= 0.6 is 22.9 Å². The van der Waals surface area contributed by atoms with Crippen LogP contribution < -0.4 is 5.32 Å². The number of nitrogens with zero attached hydrogens (tertiary/aromatic N) is 3. The summed E-state index contributed by atoms with van der Waals surface area (Å²) in [5.74, 6) is -0.453. The number of urea groups is 1. The Morgan fingerprint density at radius 2 is 1.97 bits per heavy atom. The Kier molecular flexibility index (Phi) is 7.78. The van der Waals surface area contributed by atoms with Crippen molar-refractivity contribution in [3.63, 3.8) is 0 Å². The van der Waals surface area contributed by atoms with Gasteiger partial charge in [0, 0.05) is 50.0 Å². The summed E-state index contributed by atoms with van der Waals surface area (Å²) in [6.07, 6.45) is 0. The molecule has 35 heavy (non-hydrogen) atoms. The van der Waals surface area contributed by atoms with Crippen LogP contribution in [-0.4, -0.2) is 78.5 Å². The van der Waals surface area contributed by atoms with Gasteiger partial charge in [-0.1, -0.05) is 35.9 Å². The summed E-state index contributed by atoms with van der Waals surface area (Å²) in [7, 11) is 1.65. The standard InChI is InChI=1S/C25H29ClN4O4S/c1-4-34-24(32)21-19(28(3)25(33)27-22(21)17-8-5-6-9-18(17)26)15-29-11-12-30(16(2)14-29)23(31)20-10-7-13-35-20/h5-10,13,16,22H,4,11-12,14-15H2,1-3H3,(H,27,33). The van der Waals surface area contributed by atoms with Gasteiger partial charge in [0.1, 0.15) is 0 Å². The van der Waals surface area contributed by atoms with Crippen LogP contribution in [0.1, 0.15) is 35.1 Å². The minimum Gasteiger partial charge on any atom is -0.463 e. The monoisotopic (exact) mass is 516 g/mol. The maximum atomic E-state index is 13.2. The van der Waals surface area contributed by atoms with Crippen molar-refractivity contribution in [1.82, 2.24) is 20.0 Å². The number of ether oxygens (including phenoxy) is 1. The second kappa shape index (κ2) is 10.8. The molecule has 2 unspecified atom stereocenters. The molecule has 3 heterocycles. The molecule has 1 N–H and O–H groups in total. The maximum absolute atomic E-state index is 13.2. The Balaban J connectivity index is 1.62. The second-order valence-corrected chi connectivity index (χ2v) is 9.96. The lowest BCUT2D eigenvalue weighted by Gasteiger charge is -2.42. The number of amides is 3. The van der Waals surface area contributed by atoms with Crippen LogP contribution in [-0.2, 0) is 9.53 Å². The first kappa shape index (κ1) is 25.2. The van der Waals surface area contributed by atoms with E-state index in [1.807, 2.05) is 35.4 Å². The fourth-order valence-electron chi connectivity index (χ4n) is 4.57. The van der Waals surface area contributed by atoms with Gasteiger partial charge in [0.2, 0.25) is 0 Å². The molecule has 2 aliphatic heterocycles. The number of esters is 1. The number of rotatable bonds is 6. The molecule has 1 fully saturated rings. The molecule has 0 aliphatic carbocycles. The van der Waals surface area contributed by atoms with Gasteiger partial charge in [0.05, 0.1) is 23.1 Å². The van der Waals surface area contributed by atoms with Gasteiger partial charge in [-0.15, -0.1) is 11.3 Å². The van der Waals surface area contributed by atoms with E-state index in [1.165, 1.54) is 16.2 Å². The highest BCUT2D eigenvalue weighted by Crippen LogP contribution is 2.35. The van der Waals surface area contributed by atoms with Crippen molar-refractivity contribution in [2.45, 2.75) is 25.9 Å². The molecule has 8 nitrogen and oxygen atoms in total.